The lowest BCUT2D eigenvalue weighted by molar-refractivity contribution is 0.122. The summed E-state index contributed by atoms with van der Waals surface area (Å²) in [5.74, 6) is 1.87. The molecule has 2 saturated heterocycles. The highest BCUT2D eigenvalue weighted by Gasteiger charge is 2.19. The molecule has 2 aliphatic heterocycles. The molecule has 0 amide bonds. The summed E-state index contributed by atoms with van der Waals surface area (Å²) in [6, 6.07) is 28.4. The van der Waals surface area contributed by atoms with Crippen molar-refractivity contribution in [3.63, 3.8) is 0 Å². The van der Waals surface area contributed by atoms with Gasteiger partial charge in [-0.1, -0.05) is 60.7 Å². The van der Waals surface area contributed by atoms with Gasteiger partial charge >= 0.3 is 0 Å². The van der Waals surface area contributed by atoms with Crippen LogP contribution in [0.1, 0.15) is 11.1 Å². The van der Waals surface area contributed by atoms with Crippen LogP contribution in [0.4, 0.5) is 58.4 Å². The second kappa shape index (κ2) is 19.1. The van der Waals surface area contributed by atoms with Gasteiger partial charge in [0.25, 0.3) is 0 Å². The van der Waals surface area contributed by atoms with Crippen molar-refractivity contribution in [1.29, 1.82) is 0 Å². The number of ether oxygens (including phenoxy) is 2. The molecule has 308 valence electrons. The molecular formula is C40H38N12O6S2-2. The third kappa shape index (κ3) is 10.4. The summed E-state index contributed by atoms with van der Waals surface area (Å²) < 4.78 is 61.1. The average molecular weight is 847 g/mol. The van der Waals surface area contributed by atoms with E-state index in [-0.39, 0.29) is 21.7 Å². The van der Waals surface area contributed by atoms with Gasteiger partial charge in [-0.15, -0.1) is 0 Å². The van der Waals surface area contributed by atoms with Gasteiger partial charge in [0, 0.05) is 58.7 Å². The van der Waals surface area contributed by atoms with Gasteiger partial charge < -0.3 is 49.6 Å². The first-order valence-corrected chi connectivity index (χ1v) is 21.0. The predicted octanol–water partition coefficient (Wildman–Crippen LogP) is 5.35. The van der Waals surface area contributed by atoms with Crippen LogP contribution in [0.3, 0.4) is 0 Å². The van der Waals surface area contributed by atoms with E-state index in [0.717, 1.165) is 11.4 Å². The van der Waals surface area contributed by atoms with Crippen LogP contribution in [0.2, 0.25) is 0 Å². The third-order valence-corrected chi connectivity index (χ3v) is 10.7. The van der Waals surface area contributed by atoms with Gasteiger partial charge in [0.15, 0.2) is 0 Å². The number of aromatic nitrogens is 6. The molecule has 2 aliphatic rings. The van der Waals surface area contributed by atoms with E-state index in [1.54, 1.807) is 24.3 Å². The maximum atomic E-state index is 12.5. The molecule has 18 nitrogen and oxygen atoms in total. The van der Waals surface area contributed by atoms with Crippen LogP contribution in [0.25, 0.3) is 12.2 Å². The van der Waals surface area contributed by atoms with Crippen molar-refractivity contribution >= 4 is 92.8 Å². The lowest BCUT2D eigenvalue weighted by Crippen LogP contribution is -2.37. The van der Waals surface area contributed by atoms with E-state index < -0.39 is 22.2 Å². The molecule has 2 atom stereocenters. The molecule has 4 aromatic carbocycles. The number of morpholine rings is 2. The Bertz CT molecular complexity index is 2340. The van der Waals surface area contributed by atoms with Gasteiger partial charge in [-0.2, -0.15) is 29.9 Å². The Balaban J connectivity index is 1.03. The molecular weight excluding hydrogens is 809 g/mol. The van der Waals surface area contributed by atoms with Gasteiger partial charge in [-0.3, -0.25) is 8.42 Å². The Kier molecular flexibility index (Phi) is 12.8. The van der Waals surface area contributed by atoms with Crippen molar-refractivity contribution in [3.8, 4) is 0 Å². The van der Waals surface area contributed by atoms with Crippen LogP contribution < -0.4 is 31.1 Å². The summed E-state index contributed by atoms with van der Waals surface area (Å²) in [7, 11) is 0. The molecule has 0 bridgehead atoms. The Labute approximate surface area is 350 Å². The number of hydrogen-bond acceptors (Lipinski definition) is 18. The van der Waals surface area contributed by atoms with Gasteiger partial charge in [0.2, 0.25) is 35.7 Å². The zero-order valence-corrected chi connectivity index (χ0v) is 33.5. The minimum atomic E-state index is -2.66. The monoisotopic (exact) mass is 846 g/mol. The molecule has 6 aromatic rings. The van der Waals surface area contributed by atoms with Crippen LogP contribution in [0, 0.1) is 0 Å². The zero-order chi connectivity index (χ0) is 41.3. The van der Waals surface area contributed by atoms with E-state index in [4.69, 9.17) is 9.47 Å². The second-order valence-corrected chi connectivity index (χ2v) is 15.1. The number of nitrogens with one attached hydrogen (secondary N) is 4. The average Bonchev–Trinajstić information content (AvgIpc) is 3.27. The van der Waals surface area contributed by atoms with E-state index in [1.165, 1.54) is 24.3 Å². The van der Waals surface area contributed by atoms with E-state index in [1.807, 2.05) is 70.5 Å². The molecule has 8 rings (SSSR count). The summed E-state index contributed by atoms with van der Waals surface area (Å²) in [5, 5.41) is 12.6. The molecule has 2 fully saturated rings. The fourth-order valence-corrected chi connectivity index (χ4v) is 7.39. The fourth-order valence-electron chi connectivity index (χ4n) is 6.29. The Morgan fingerprint density at radius 2 is 0.833 bits per heavy atom. The quantitative estimate of drug-likeness (QED) is 0.0799. The van der Waals surface area contributed by atoms with Crippen molar-refractivity contribution in [3.05, 3.63) is 108 Å². The van der Waals surface area contributed by atoms with E-state index >= 15 is 0 Å². The molecule has 2 aromatic heterocycles. The number of rotatable bonds is 14. The summed E-state index contributed by atoms with van der Waals surface area (Å²) in [6.45, 7) is 4.50. The van der Waals surface area contributed by atoms with Crippen LogP contribution >= 0.6 is 0 Å². The molecule has 20 heteroatoms. The molecule has 4 N–H and O–H groups in total. The van der Waals surface area contributed by atoms with Crippen LogP contribution in [-0.4, -0.2) is 100 Å². The zero-order valence-electron chi connectivity index (χ0n) is 31.9. The highest BCUT2D eigenvalue weighted by molar-refractivity contribution is 7.79. The van der Waals surface area contributed by atoms with Gasteiger partial charge in [0.05, 0.1) is 26.4 Å². The maximum absolute atomic E-state index is 12.5. The van der Waals surface area contributed by atoms with Crippen molar-refractivity contribution in [1.82, 2.24) is 29.9 Å². The second-order valence-electron chi connectivity index (χ2n) is 13.3. The molecule has 4 heterocycles. The first kappa shape index (κ1) is 40.4. The molecule has 2 unspecified atom stereocenters. The first-order chi connectivity index (χ1) is 29.3. The molecule has 60 heavy (non-hydrogen) atoms. The smallest absolute Gasteiger partial charge is 0.233 e. The topological polar surface area (TPSA) is 231 Å². The lowest BCUT2D eigenvalue weighted by Gasteiger charge is -2.27. The number of hydrogen-bond donors (Lipinski definition) is 4. The molecule has 0 spiro atoms. The normalized spacial score (nSPS) is 15.4. The molecule has 0 aliphatic carbocycles. The Hall–Kier alpha value is -6.42. The Morgan fingerprint density at radius 1 is 0.483 bits per heavy atom. The highest BCUT2D eigenvalue weighted by atomic mass is 32.2. The first-order valence-electron chi connectivity index (χ1n) is 18.8. The lowest BCUT2D eigenvalue weighted by atomic mass is 10.1. The maximum Gasteiger partial charge on any atom is 0.233 e. The summed E-state index contributed by atoms with van der Waals surface area (Å²) >= 11 is -5.32. The van der Waals surface area contributed by atoms with E-state index in [2.05, 4.69) is 51.2 Å². The predicted molar refractivity (Wildman–Crippen MR) is 228 cm³/mol. The third-order valence-electron chi connectivity index (χ3n) is 9.24. The van der Waals surface area contributed by atoms with Crippen molar-refractivity contribution in [2.75, 3.05) is 83.7 Å². The number of anilines is 10. The van der Waals surface area contributed by atoms with Gasteiger partial charge in [-0.25, -0.2) is 0 Å². The van der Waals surface area contributed by atoms with E-state index in [0.29, 0.717) is 98.9 Å². The SMILES string of the molecule is O=S([O-])c1cc(Nc2nc(Nc3ccccc3)nc(N3CCOCC3)n2)ccc1/C=C/c1ccc(Nc2nc(Nc3ccccc3)nc(N3CCOCC3)n2)cc1S(=O)[O-]. The number of benzene rings is 4. The molecule has 0 radical (unpaired) electrons. The largest absolute Gasteiger partial charge is 0.768 e. The van der Waals surface area contributed by atoms with Gasteiger partial charge in [0.1, 0.15) is 0 Å². The standard InChI is InChI=1S/C40H40N12O6S2/c53-59(54)33-25-31(43-37-45-35(41-29-7-3-1-4-8-29)47-39(49-37)51-17-21-57-22-18-51)15-13-27(33)11-12-28-14-16-32(26-34(28)60(55)56)44-38-46-36(42-30-9-5-2-6-10-30)48-40(50-38)52-19-23-58-24-20-52/h1-16,25-26H,17-24H2,(H,53,54)(H,55,56)(H2,41,43,45,47,49)(H2,42,44,46,48,50)/p-2/b12-11+. The van der Waals surface area contributed by atoms with Crippen molar-refractivity contribution in [2.45, 2.75) is 9.79 Å². The molecule has 0 saturated carbocycles. The fraction of sp³-hybridized carbons (Fsp3) is 0.200. The van der Waals surface area contributed by atoms with Crippen molar-refractivity contribution in [2.24, 2.45) is 0 Å². The summed E-state index contributed by atoms with van der Waals surface area (Å²) in [6.07, 6.45) is 3.08. The number of para-hydroxylation sites is 2. The van der Waals surface area contributed by atoms with Crippen LogP contribution in [0.15, 0.2) is 107 Å². The van der Waals surface area contributed by atoms with Crippen LogP contribution in [0.5, 0.6) is 0 Å². The van der Waals surface area contributed by atoms with Crippen molar-refractivity contribution < 1.29 is 27.0 Å². The highest BCUT2D eigenvalue weighted by Crippen LogP contribution is 2.28. The minimum Gasteiger partial charge on any atom is -0.768 e. The Morgan fingerprint density at radius 3 is 1.18 bits per heavy atom. The summed E-state index contributed by atoms with van der Waals surface area (Å²) in [4.78, 5) is 31.5. The summed E-state index contributed by atoms with van der Waals surface area (Å²) in [5.41, 5.74) is 3.03. The van der Waals surface area contributed by atoms with E-state index in [9.17, 15) is 17.5 Å². The van der Waals surface area contributed by atoms with Gasteiger partial charge in [-0.05, 0) is 81.8 Å². The number of nitrogens with zero attached hydrogens (tertiary/aromatic N) is 8. The minimum absolute atomic E-state index is 0.0322. The van der Waals surface area contributed by atoms with Crippen LogP contribution in [-0.2, 0) is 31.6 Å².